The molecule has 0 unspecified atom stereocenters. The van der Waals surface area contributed by atoms with Crippen LogP contribution in [0.4, 0.5) is 0 Å². The van der Waals surface area contributed by atoms with Crippen LogP contribution in [0.1, 0.15) is 27.8 Å². The molecule has 150 valence electrons. The van der Waals surface area contributed by atoms with Crippen LogP contribution >= 0.6 is 0 Å². The van der Waals surface area contributed by atoms with Crippen molar-refractivity contribution in [3.05, 3.63) is 107 Å². The molecule has 0 aliphatic rings. The number of rotatable bonds is 8. The van der Waals surface area contributed by atoms with Gasteiger partial charge in [0, 0.05) is 5.56 Å². The fourth-order valence-corrected chi connectivity index (χ4v) is 3.19. The molecule has 0 aliphatic heterocycles. The summed E-state index contributed by atoms with van der Waals surface area (Å²) < 4.78 is 11.8. The first-order valence-corrected chi connectivity index (χ1v) is 9.82. The first-order valence-electron chi connectivity index (χ1n) is 9.82. The minimum atomic E-state index is 0.448. The predicted octanol–water partition coefficient (Wildman–Crippen LogP) is 6.38. The highest BCUT2D eigenvalue weighted by atomic mass is 16.5. The first-order chi connectivity index (χ1) is 14.6. The van der Waals surface area contributed by atoms with Gasteiger partial charge in [-0.05, 0) is 48.2 Å². The summed E-state index contributed by atoms with van der Waals surface area (Å²) >= 11 is 0. The van der Waals surface area contributed by atoms with Crippen LogP contribution in [0.5, 0.6) is 11.5 Å². The van der Waals surface area contributed by atoms with Gasteiger partial charge >= 0.3 is 0 Å². The van der Waals surface area contributed by atoms with Gasteiger partial charge < -0.3 is 9.47 Å². The van der Waals surface area contributed by atoms with Crippen molar-refractivity contribution in [2.75, 3.05) is 7.11 Å². The van der Waals surface area contributed by atoms with Gasteiger partial charge in [0.25, 0.3) is 0 Å². The number of nitriles is 1. The smallest absolute Gasteiger partial charge is 0.165 e. The molecular formula is C27H25NO2. The number of nitrogens with zero attached hydrogens (tertiary/aromatic N) is 1. The van der Waals surface area contributed by atoms with Crippen LogP contribution in [-0.4, -0.2) is 7.11 Å². The topological polar surface area (TPSA) is 42.2 Å². The SMILES string of the molecule is C=CCc1cc(/C=C(\C#N)c2ccccc2)cc(OC)c1OCc1ccc(C)cc1. The third-order valence-electron chi connectivity index (χ3n) is 4.76. The van der Waals surface area contributed by atoms with Crippen molar-refractivity contribution in [3.63, 3.8) is 0 Å². The minimum absolute atomic E-state index is 0.448. The summed E-state index contributed by atoms with van der Waals surface area (Å²) in [6.45, 7) is 6.38. The van der Waals surface area contributed by atoms with Gasteiger partial charge in [-0.2, -0.15) is 5.26 Å². The number of hydrogen-bond donors (Lipinski definition) is 0. The molecule has 0 fully saturated rings. The Morgan fingerprint density at radius 1 is 1.07 bits per heavy atom. The lowest BCUT2D eigenvalue weighted by Crippen LogP contribution is -2.02. The largest absolute Gasteiger partial charge is 0.493 e. The fourth-order valence-electron chi connectivity index (χ4n) is 3.19. The van der Waals surface area contributed by atoms with E-state index in [0.717, 1.165) is 22.3 Å². The zero-order chi connectivity index (χ0) is 21.3. The van der Waals surface area contributed by atoms with Crippen molar-refractivity contribution in [2.24, 2.45) is 0 Å². The zero-order valence-corrected chi connectivity index (χ0v) is 17.4. The van der Waals surface area contributed by atoms with Crippen LogP contribution in [0.25, 0.3) is 11.6 Å². The lowest BCUT2D eigenvalue weighted by Gasteiger charge is -2.16. The first kappa shape index (κ1) is 21.0. The maximum Gasteiger partial charge on any atom is 0.165 e. The fraction of sp³-hybridized carbons (Fsp3) is 0.148. The molecule has 3 aromatic carbocycles. The number of aryl methyl sites for hydroxylation is 1. The molecule has 3 rings (SSSR count). The molecule has 0 N–H and O–H groups in total. The van der Waals surface area contributed by atoms with Crippen LogP contribution in [0.15, 0.2) is 79.4 Å². The molecule has 0 saturated heterocycles. The van der Waals surface area contributed by atoms with Crippen molar-refractivity contribution >= 4 is 11.6 Å². The van der Waals surface area contributed by atoms with Gasteiger partial charge in [-0.15, -0.1) is 6.58 Å². The van der Waals surface area contributed by atoms with E-state index in [1.54, 1.807) is 7.11 Å². The van der Waals surface area contributed by atoms with Gasteiger partial charge in [-0.1, -0.05) is 66.2 Å². The second-order valence-electron chi connectivity index (χ2n) is 7.01. The lowest BCUT2D eigenvalue weighted by atomic mass is 10.0. The van der Waals surface area contributed by atoms with Crippen LogP contribution in [0, 0.1) is 18.3 Å². The predicted molar refractivity (Wildman–Crippen MR) is 122 cm³/mol. The zero-order valence-electron chi connectivity index (χ0n) is 17.4. The van der Waals surface area contributed by atoms with E-state index in [1.807, 2.05) is 54.6 Å². The van der Waals surface area contributed by atoms with Crippen molar-refractivity contribution in [3.8, 4) is 17.6 Å². The second-order valence-corrected chi connectivity index (χ2v) is 7.01. The molecule has 0 aromatic heterocycles. The van der Waals surface area contributed by atoms with Crippen molar-refractivity contribution in [2.45, 2.75) is 20.0 Å². The average Bonchev–Trinajstić information content (AvgIpc) is 2.78. The van der Waals surface area contributed by atoms with Crippen molar-refractivity contribution in [1.29, 1.82) is 5.26 Å². The average molecular weight is 396 g/mol. The molecule has 0 saturated carbocycles. The van der Waals surface area contributed by atoms with Gasteiger partial charge in [0.1, 0.15) is 6.61 Å². The number of methoxy groups -OCH3 is 1. The standard InChI is InChI=1S/C27H25NO2/c1-4-8-24-15-22(16-25(18-28)23-9-6-5-7-10-23)17-26(29-3)27(24)30-19-21-13-11-20(2)12-14-21/h4-7,9-17H,1,8,19H2,2-3H3/b25-16+. The Morgan fingerprint density at radius 2 is 1.80 bits per heavy atom. The third kappa shape index (κ3) is 5.18. The maximum absolute atomic E-state index is 9.63. The minimum Gasteiger partial charge on any atom is -0.493 e. The van der Waals surface area contributed by atoms with Crippen LogP contribution in [0.2, 0.25) is 0 Å². The molecule has 0 radical (unpaired) electrons. The molecular weight excluding hydrogens is 370 g/mol. The summed E-state index contributed by atoms with van der Waals surface area (Å²) in [5, 5.41) is 9.63. The quantitative estimate of drug-likeness (QED) is 0.253. The Bertz CT molecular complexity index is 1070. The Balaban J connectivity index is 1.96. The molecule has 0 heterocycles. The van der Waals surface area contributed by atoms with Crippen molar-refractivity contribution in [1.82, 2.24) is 0 Å². The molecule has 3 nitrogen and oxygen atoms in total. The number of allylic oxidation sites excluding steroid dienone is 2. The third-order valence-corrected chi connectivity index (χ3v) is 4.76. The van der Waals surface area contributed by atoms with E-state index in [0.29, 0.717) is 30.1 Å². The molecule has 0 bridgehead atoms. The highest BCUT2D eigenvalue weighted by molar-refractivity contribution is 5.90. The monoisotopic (exact) mass is 395 g/mol. The lowest BCUT2D eigenvalue weighted by molar-refractivity contribution is 0.282. The summed E-state index contributed by atoms with van der Waals surface area (Å²) in [6.07, 6.45) is 4.34. The van der Waals surface area contributed by atoms with Crippen LogP contribution in [0.3, 0.4) is 0 Å². The Hall–Kier alpha value is -3.77. The van der Waals surface area contributed by atoms with E-state index in [4.69, 9.17) is 9.47 Å². The number of benzene rings is 3. The van der Waals surface area contributed by atoms with E-state index in [1.165, 1.54) is 5.56 Å². The molecule has 3 aromatic rings. The Kier molecular flexibility index (Phi) is 7.08. The van der Waals surface area contributed by atoms with E-state index in [9.17, 15) is 5.26 Å². The molecule has 30 heavy (non-hydrogen) atoms. The van der Waals surface area contributed by atoms with Crippen LogP contribution in [-0.2, 0) is 13.0 Å². The summed E-state index contributed by atoms with van der Waals surface area (Å²) in [7, 11) is 1.63. The highest BCUT2D eigenvalue weighted by Gasteiger charge is 2.13. The van der Waals surface area contributed by atoms with E-state index in [-0.39, 0.29) is 0 Å². The number of ether oxygens (including phenoxy) is 2. The van der Waals surface area contributed by atoms with E-state index < -0.39 is 0 Å². The molecule has 0 atom stereocenters. The van der Waals surface area contributed by atoms with Gasteiger partial charge in [-0.3, -0.25) is 0 Å². The normalized spacial score (nSPS) is 10.9. The second kappa shape index (κ2) is 10.1. The molecule has 0 amide bonds. The maximum atomic E-state index is 9.63. The number of hydrogen-bond acceptors (Lipinski definition) is 3. The summed E-state index contributed by atoms with van der Waals surface area (Å²) in [5.41, 5.74) is 5.62. The molecule has 3 heteroatoms. The van der Waals surface area contributed by atoms with E-state index in [2.05, 4.69) is 43.8 Å². The Morgan fingerprint density at radius 3 is 2.43 bits per heavy atom. The van der Waals surface area contributed by atoms with E-state index >= 15 is 0 Å². The molecule has 0 spiro atoms. The van der Waals surface area contributed by atoms with Crippen LogP contribution < -0.4 is 9.47 Å². The summed E-state index contributed by atoms with van der Waals surface area (Å²) in [4.78, 5) is 0. The van der Waals surface area contributed by atoms with Gasteiger partial charge in [0.2, 0.25) is 0 Å². The summed E-state index contributed by atoms with van der Waals surface area (Å²) in [5.74, 6) is 1.34. The van der Waals surface area contributed by atoms with Gasteiger partial charge in [0.15, 0.2) is 11.5 Å². The Labute approximate surface area is 178 Å². The molecule has 0 aliphatic carbocycles. The van der Waals surface area contributed by atoms with Gasteiger partial charge in [-0.25, -0.2) is 0 Å². The van der Waals surface area contributed by atoms with Gasteiger partial charge in [0.05, 0.1) is 18.8 Å². The highest BCUT2D eigenvalue weighted by Crippen LogP contribution is 2.35. The summed E-state index contributed by atoms with van der Waals surface area (Å²) in [6, 6.07) is 24.1. The van der Waals surface area contributed by atoms with Crippen molar-refractivity contribution < 1.29 is 9.47 Å².